The SMILES string of the molecule is CCc1nc2ccc(Cl)cn2c1C(=O)NCc1ccc2cc(N(C)Cc3ccc(OC(F)(F)F)cc3)cnc2c1. The Labute approximate surface area is 233 Å². The molecule has 0 atom stereocenters. The number of imidazole rings is 1. The molecule has 11 heteroatoms. The average molecular weight is 568 g/mol. The second kappa shape index (κ2) is 11.1. The van der Waals surface area contributed by atoms with Crippen LogP contribution in [0.1, 0.15) is 34.2 Å². The van der Waals surface area contributed by atoms with E-state index in [1.54, 1.807) is 41.1 Å². The third-order valence-corrected chi connectivity index (χ3v) is 6.63. The summed E-state index contributed by atoms with van der Waals surface area (Å²) < 4.78 is 42.8. The summed E-state index contributed by atoms with van der Waals surface area (Å²) in [4.78, 5) is 24.2. The Morgan fingerprint density at radius 1 is 1.07 bits per heavy atom. The summed E-state index contributed by atoms with van der Waals surface area (Å²) in [7, 11) is 1.88. The minimum atomic E-state index is -4.72. The number of anilines is 1. The summed E-state index contributed by atoms with van der Waals surface area (Å²) in [6, 6.07) is 17.1. The Bertz CT molecular complexity index is 1690. The van der Waals surface area contributed by atoms with Gasteiger partial charge in [-0.25, -0.2) is 4.98 Å². The fourth-order valence-electron chi connectivity index (χ4n) is 4.46. The van der Waals surface area contributed by atoms with Gasteiger partial charge in [-0.1, -0.05) is 42.8 Å². The van der Waals surface area contributed by atoms with Crippen LogP contribution in [0, 0.1) is 0 Å². The second-order valence-electron chi connectivity index (χ2n) is 9.29. The smallest absolute Gasteiger partial charge is 0.406 e. The van der Waals surface area contributed by atoms with Crippen molar-refractivity contribution in [3.63, 3.8) is 0 Å². The van der Waals surface area contributed by atoms with Crippen molar-refractivity contribution in [3.8, 4) is 5.75 Å². The standard InChI is InChI=1S/C29H25ClF3N5O2/c1-3-24-27(38-17-21(30)8-11-26(38)36-24)28(39)35-14-19-4-7-20-13-22(15-34-25(20)12-19)37(2)16-18-5-9-23(10-6-18)40-29(31,32)33/h4-13,15,17H,3,14,16H2,1-2H3,(H,35,39). The molecule has 0 spiro atoms. The van der Waals surface area contributed by atoms with E-state index in [1.165, 1.54) is 12.1 Å². The quantitative estimate of drug-likeness (QED) is 0.230. The van der Waals surface area contributed by atoms with Crippen molar-refractivity contribution in [1.29, 1.82) is 0 Å². The molecule has 3 heterocycles. The number of fused-ring (bicyclic) bond motifs is 2. The fourth-order valence-corrected chi connectivity index (χ4v) is 4.62. The first-order chi connectivity index (χ1) is 19.1. The number of halogens is 4. The number of alkyl halides is 3. The molecule has 0 fully saturated rings. The lowest BCUT2D eigenvalue weighted by molar-refractivity contribution is -0.274. The zero-order valence-corrected chi connectivity index (χ0v) is 22.4. The van der Waals surface area contributed by atoms with Gasteiger partial charge in [0.15, 0.2) is 0 Å². The van der Waals surface area contributed by atoms with Crippen LogP contribution in [0.4, 0.5) is 18.9 Å². The number of benzene rings is 2. The maximum absolute atomic E-state index is 13.1. The number of hydrogen-bond acceptors (Lipinski definition) is 5. The van der Waals surface area contributed by atoms with E-state index in [2.05, 4.69) is 20.0 Å². The lowest BCUT2D eigenvalue weighted by Crippen LogP contribution is -2.25. The second-order valence-corrected chi connectivity index (χ2v) is 9.72. The number of hydrogen-bond donors (Lipinski definition) is 1. The minimum Gasteiger partial charge on any atom is -0.406 e. The molecule has 5 aromatic rings. The van der Waals surface area contributed by atoms with Crippen LogP contribution in [-0.4, -0.2) is 33.7 Å². The molecule has 0 aliphatic heterocycles. The molecule has 2 aromatic carbocycles. The van der Waals surface area contributed by atoms with E-state index in [4.69, 9.17) is 11.6 Å². The van der Waals surface area contributed by atoms with Gasteiger partial charge in [-0.15, -0.1) is 13.2 Å². The highest BCUT2D eigenvalue weighted by molar-refractivity contribution is 6.30. The van der Waals surface area contributed by atoms with E-state index in [1.807, 2.05) is 43.1 Å². The van der Waals surface area contributed by atoms with Gasteiger partial charge < -0.3 is 15.0 Å². The van der Waals surface area contributed by atoms with Gasteiger partial charge in [0.2, 0.25) is 0 Å². The first-order valence-electron chi connectivity index (χ1n) is 12.5. The zero-order valence-electron chi connectivity index (χ0n) is 21.7. The number of carbonyl (C=O) groups is 1. The van der Waals surface area contributed by atoms with Gasteiger partial charge in [0.1, 0.15) is 17.1 Å². The molecule has 0 saturated carbocycles. The van der Waals surface area contributed by atoms with Crippen LogP contribution in [-0.2, 0) is 19.5 Å². The Kier molecular flexibility index (Phi) is 7.53. The maximum Gasteiger partial charge on any atom is 0.573 e. The third-order valence-electron chi connectivity index (χ3n) is 6.41. The number of carbonyl (C=O) groups excluding carboxylic acids is 1. The first-order valence-corrected chi connectivity index (χ1v) is 12.9. The number of aryl methyl sites for hydroxylation is 1. The largest absolute Gasteiger partial charge is 0.573 e. The molecule has 1 N–H and O–H groups in total. The molecule has 0 saturated heterocycles. The van der Waals surface area contributed by atoms with Crippen LogP contribution in [0.2, 0.25) is 5.02 Å². The Morgan fingerprint density at radius 2 is 1.82 bits per heavy atom. The highest BCUT2D eigenvalue weighted by atomic mass is 35.5. The van der Waals surface area contributed by atoms with Crippen molar-refractivity contribution < 1.29 is 22.7 Å². The van der Waals surface area contributed by atoms with E-state index >= 15 is 0 Å². The fraction of sp³-hybridized carbons (Fsp3) is 0.207. The van der Waals surface area contributed by atoms with E-state index in [9.17, 15) is 18.0 Å². The van der Waals surface area contributed by atoms with E-state index in [0.717, 1.165) is 27.7 Å². The molecule has 0 aliphatic rings. The molecule has 1 amide bonds. The summed E-state index contributed by atoms with van der Waals surface area (Å²) >= 11 is 6.14. The van der Waals surface area contributed by atoms with Crippen molar-refractivity contribution in [1.82, 2.24) is 19.7 Å². The van der Waals surface area contributed by atoms with E-state index in [0.29, 0.717) is 41.6 Å². The monoisotopic (exact) mass is 567 g/mol. The molecule has 7 nitrogen and oxygen atoms in total. The first kappa shape index (κ1) is 27.3. The van der Waals surface area contributed by atoms with Gasteiger partial charge in [-0.05, 0) is 53.9 Å². The molecule has 3 aromatic heterocycles. The molecule has 0 aliphatic carbocycles. The predicted molar refractivity (Wildman–Crippen MR) is 148 cm³/mol. The summed E-state index contributed by atoms with van der Waals surface area (Å²) in [6.45, 7) is 2.73. The van der Waals surface area contributed by atoms with Crippen molar-refractivity contribution in [3.05, 3.63) is 101 Å². The Hall–Kier alpha value is -4.31. The average Bonchev–Trinajstić information content (AvgIpc) is 3.29. The lowest BCUT2D eigenvalue weighted by atomic mass is 10.1. The zero-order chi connectivity index (χ0) is 28.4. The Balaban J connectivity index is 1.26. The number of nitrogens with one attached hydrogen (secondary N) is 1. The summed E-state index contributed by atoms with van der Waals surface area (Å²) in [5, 5.41) is 4.40. The molecule has 0 unspecified atom stereocenters. The molecule has 206 valence electrons. The van der Waals surface area contributed by atoms with Crippen LogP contribution in [0.25, 0.3) is 16.6 Å². The van der Waals surface area contributed by atoms with Crippen LogP contribution >= 0.6 is 11.6 Å². The Morgan fingerprint density at radius 3 is 2.55 bits per heavy atom. The van der Waals surface area contributed by atoms with Gasteiger partial charge in [0.05, 0.1) is 28.1 Å². The number of pyridine rings is 2. The summed E-state index contributed by atoms with van der Waals surface area (Å²) in [5.74, 6) is -0.498. The molecular formula is C29H25ClF3N5O2. The number of aromatic nitrogens is 3. The third kappa shape index (κ3) is 6.12. The van der Waals surface area contributed by atoms with Crippen molar-refractivity contribution in [2.24, 2.45) is 0 Å². The number of rotatable bonds is 8. The van der Waals surface area contributed by atoms with Crippen molar-refractivity contribution in [2.45, 2.75) is 32.8 Å². The molecule has 5 rings (SSSR count). The van der Waals surface area contributed by atoms with Crippen LogP contribution in [0.15, 0.2) is 73.1 Å². The van der Waals surface area contributed by atoms with E-state index < -0.39 is 6.36 Å². The van der Waals surface area contributed by atoms with E-state index in [-0.39, 0.29) is 11.7 Å². The van der Waals surface area contributed by atoms with Gasteiger partial charge in [0.25, 0.3) is 5.91 Å². The van der Waals surface area contributed by atoms with Gasteiger partial charge >= 0.3 is 6.36 Å². The highest BCUT2D eigenvalue weighted by Crippen LogP contribution is 2.25. The predicted octanol–water partition coefficient (Wildman–Crippen LogP) is 6.56. The van der Waals surface area contributed by atoms with Gasteiger partial charge in [0, 0.05) is 31.7 Å². The topological polar surface area (TPSA) is 71.8 Å². The summed E-state index contributed by atoms with van der Waals surface area (Å²) in [5.41, 5.74) is 5.16. The van der Waals surface area contributed by atoms with Crippen LogP contribution in [0.5, 0.6) is 5.75 Å². The van der Waals surface area contributed by atoms with Crippen LogP contribution in [0.3, 0.4) is 0 Å². The van der Waals surface area contributed by atoms with Gasteiger partial charge in [-0.3, -0.25) is 14.2 Å². The number of nitrogens with zero attached hydrogens (tertiary/aromatic N) is 4. The normalized spacial score (nSPS) is 11.7. The summed E-state index contributed by atoms with van der Waals surface area (Å²) in [6.07, 6.45) is -0.690. The molecule has 0 bridgehead atoms. The van der Waals surface area contributed by atoms with Crippen molar-refractivity contribution >= 4 is 39.7 Å². The molecule has 0 radical (unpaired) electrons. The van der Waals surface area contributed by atoms with Gasteiger partial charge in [-0.2, -0.15) is 0 Å². The molecular weight excluding hydrogens is 543 g/mol. The lowest BCUT2D eigenvalue weighted by Gasteiger charge is -2.20. The molecule has 40 heavy (non-hydrogen) atoms. The van der Waals surface area contributed by atoms with Crippen molar-refractivity contribution in [2.75, 3.05) is 11.9 Å². The maximum atomic E-state index is 13.1. The van der Waals surface area contributed by atoms with Crippen LogP contribution < -0.4 is 15.0 Å². The highest BCUT2D eigenvalue weighted by Gasteiger charge is 2.31. The minimum absolute atomic E-state index is 0.241. The number of ether oxygens (including phenoxy) is 1. The number of amides is 1.